The van der Waals surface area contributed by atoms with Crippen molar-refractivity contribution in [3.05, 3.63) is 12.7 Å². The Labute approximate surface area is 98.3 Å². The molecule has 0 aromatic heterocycles. The molecule has 0 fully saturated rings. The fourth-order valence-electron chi connectivity index (χ4n) is 1.24. The molecule has 0 saturated carbocycles. The molecule has 5 heteroatoms. The Balaban J connectivity index is 4.33. The highest BCUT2D eigenvalue weighted by Gasteiger charge is 2.22. The molecular formula is C11H21NO3Si. The highest BCUT2D eigenvalue weighted by Crippen LogP contribution is 2.06. The third-order valence-electron chi connectivity index (χ3n) is 1.76. The summed E-state index contributed by atoms with van der Waals surface area (Å²) in [4.78, 5) is 23.6. The van der Waals surface area contributed by atoms with E-state index < -0.39 is 8.07 Å². The zero-order valence-electron chi connectivity index (χ0n) is 10.4. The van der Waals surface area contributed by atoms with Crippen LogP contribution in [0.5, 0.6) is 0 Å². The third kappa shape index (κ3) is 7.22. The molecule has 0 heterocycles. The van der Waals surface area contributed by atoms with E-state index in [0.717, 1.165) is 6.29 Å². The Morgan fingerprint density at radius 3 is 2.50 bits per heavy atom. The highest BCUT2D eigenvalue weighted by atomic mass is 28.3. The summed E-state index contributed by atoms with van der Waals surface area (Å²) in [7, 11) is -1.39. The van der Waals surface area contributed by atoms with Crippen LogP contribution in [0.2, 0.25) is 19.6 Å². The summed E-state index contributed by atoms with van der Waals surface area (Å²) in [5.74, 6) is 0. The predicted molar refractivity (Wildman–Crippen MR) is 67.1 cm³/mol. The summed E-state index contributed by atoms with van der Waals surface area (Å²) in [5, 5.41) is 0. The molecule has 0 atom stereocenters. The highest BCUT2D eigenvalue weighted by molar-refractivity contribution is 6.76. The maximum absolute atomic E-state index is 11.6. The minimum absolute atomic E-state index is 0.210. The zero-order valence-corrected chi connectivity index (χ0v) is 11.4. The van der Waals surface area contributed by atoms with Gasteiger partial charge in [0.2, 0.25) is 0 Å². The second-order valence-corrected chi connectivity index (χ2v) is 10.2. The summed E-state index contributed by atoms with van der Waals surface area (Å²) < 4.78 is 4.97. The maximum atomic E-state index is 11.6. The summed E-state index contributed by atoms with van der Waals surface area (Å²) in [6, 6.07) is 0. The molecule has 92 valence electrons. The zero-order chi connectivity index (χ0) is 12.6. The smallest absolute Gasteiger partial charge is 0.409 e. The Morgan fingerprint density at radius 1 is 1.44 bits per heavy atom. The van der Waals surface area contributed by atoms with Crippen molar-refractivity contribution in [1.29, 1.82) is 0 Å². The number of rotatable bonds is 7. The first-order chi connectivity index (χ1) is 7.40. The topological polar surface area (TPSA) is 46.6 Å². The lowest BCUT2D eigenvalue weighted by Gasteiger charge is -2.27. The van der Waals surface area contributed by atoms with Crippen LogP contribution in [-0.2, 0) is 9.53 Å². The number of amides is 1. The average molecular weight is 243 g/mol. The summed E-state index contributed by atoms with van der Waals surface area (Å²) in [5.41, 5.74) is 0. The molecule has 0 rings (SSSR count). The van der Waals surface area contributed by atoms with Gasteiger partial charge in [-0.25, -0.2) is 4.79 Å². The van der Waals surface area contributed by atoms with E-state index in [9.17, 15) is 9.59 Å². The van der Waals surface area contributed by atoms with E-state index in [1.54, 1.807) is 4.90 Å². The summed E-state index contributed by atoms with van der Waals surface area (Å²) in [6.45, 7) is 10.6. The van der Waals surface area contributed by atoms with Crippen LogP contribution in [0.3, 0.4) is 0 Å². The van der Waals surface area contributed by atoms with Gasteiger partial charge in [0.1, 0.15) is 12.9 Å². The molecule has 0 aliphatic carbocycles. The first kappa shape index (κ1) is 14.9. The molecule has 0 spiro atoms. The van der Waals surface area contributed by atoms with Gasteiger partial charge in [-0.1, -0.05) is 32.3 Å². The lowest BCUT2D eigenvalue weighted by molar-refractivity contribution is -0.108. The molecule has 0 aromatic rings. The van der Waals surface area contributed by atoms with Gasteiger partial charge in [-0.3, -0.25) is 0 Å². The van der Waals surface area contributed by atoms with Crippen molar-refractivity contribution in [2.45, 2.75) is 26.1 Å². The van der Waals surface area contributed by atoms with Crippen molar-refractivity contribution in [2.24, 2.45) is 0 Å². The van der Waals surface area contributed by atoms with Crippen molar-refractivity contribution in [3.8, 4) is 0 Å². The first-order valence-corrected chi connectivity index (χ1v) is 9.07. The number of carbonyl (C=O) groups excluding carboxylic acids is 2. The van der Waals surface area contributed by atoms with Gasteiger partial charge in [-0.2, -0.15) is 0 Å². The normalized spacial score (nSPS) is 10.7. The van der Waals surface area contributed by atoms with E-state index in [2.05, 4.69) is 26.2 Å². The largest absolute Gasteiger partial charge is 0.445 e. The molecule has 0 unspecified atom stereocenters. The van der Waals surface area contributed by atoms with Gasteiger partial charge in [-0.15, -0.1) is 0 Å². The number of nitrogens with zero attached hydrogens (tertiary/aromatic N) is 1. The van der Waals surface area contributed by atoms with Crippen molar-refractivity contribution in [2.75, 3.05) is 19.3 Å². The Morgan fingerprint density at radius 2 is 2.06 bits per heavy atom. The SMILES string of the molecule is C=CCOC(=O)N(CCC=O)C[Si](C)(C)C. The molecule has 0 aromatic carbocycles. The number of ether oxygens (including phenoxy) is 1. The number of hydrogen-bond donors (Lipinski definition) is 0. The van der Waals surface area contributed by atoms with Crippen LogP contribution < -0.4 is 0 Å². The predicted octanol–water partition coefficient (Wildman–Crippen LogP) is 2.08. The van der Waals surface area contributed by atoms with E-state index in [0.29, 0.717) is 19.1 Å². The van der Waals surface area contributed by atoms with Crippen LogP contribution >= 0.6 is 0 Å². The van der Waals surface area contributed by atoms with Crippen molar-refractivity contribution in [1.82, 2.24) is 4.90 Å². The fourth-order valence-corrected chi connectivity index (χ4v) is 2.67. The summed E-state index contributed by atoms with van der Waals surface area (Å²) >= 11 is 0. The molecule has 0 aliphatic rings. The van der Waals surface area contributed by atoms with Crippen LogP contribution in [0.1, 0.15) is 6.42 Å². The Kier molecular flexibility index (Phi) is 6.72. The van der Waals surface area contributed by atoms with Crippen molar-refractivity contribution >= 4 is 20.5 Å². The molecule has 16 heavy (non-hydrogen) atoms. The standard InChI is InChI=1S/C11H21NO3Si/c1-5-9-15-11(14)12(7-6-8-13)10-16(2,3)4/h5,8H,1,6-7,9-10H2,2-4H3. The maximum Gasteiger partial charge on any atom is 0.409 e. The molecule has 0 saturated heterocycles. The van der Waals surface area contributed by atoms with Crippen LogP contribution in [0.25, 0.3) is 0 Å². The average Bonchev–Trinajstić information content (AvgIpc) is 2.19. The van der Waals surface area contributed by atoms with Crippen molar-refractivity contribution in [3.63, 3.8) is 0 Å². The van der Waals surface area contributed by atoms with Gasteiger partial charge in [-0.05, 0) is 0 Å². The molecular weight excluding hydrogens is 222 g/mol. The first-order valence-electron chi connectivity index (χ1n) is 5.37. The monoisotopic (exact) mass is 243 g/mol. The molecule has 0 bridgehead atoms. The van der Waals surface area contributed by atoms with E-state index in [-0.39, 0.29) is 12.7 Å². The quantitative estimate of drug-likeness (QED) is 0.391. The molecule has 0 N–H and O–H groups in total. The number of aldehydes is 1. The van der Waals surface area contributed by atoms with Gasteiger partial charge < -0.3 is 14.4 Å². The lowest BCUT2D eigenvalue weighted by Crippen LogP contribution is -2.44. The van der Waals surface area contributed by atoms with E-state index in [1.165, 1.54) is 6.08 Å². The van der Waals surface area contributed by atoms with Crippen LogP contribution in [0.15, 0.2) is 12.7 Å². The fraction of sp³-hybridized carbons (Fsp3) is 0.636. The third-order valence-corrected chi connectivity index (χ3v) is 3.10. The Bertz CT molecular complexity index is 248. The number of hydrogen-bond acceptors (Lipinski definition) is 3. The van der Waals surface area contributed by atoms with Crippen LogP contribution in [0, 0.1) is 0 Å². The van der Waals surface area contributed by atoms with Gasteiger partial charge >= 0.3 is 6.09 Å². The van der Waals surface area contributed by atoms with E-state index >= 15 is 0 Å². The molecule has 1 amide bonds. The molecule has 0 radical (unpaired) electrons. The Hall–Kier alpha value is -1.10. The molecule has 4 nitrogen and oxygen atoms in total. The minimum atomic E-state index is -1.39. The van der Waals surface area contributed by atoms with Gasteiger partial charge in [0.25, 0.3) is 0 Å². The molecule has 0 aliphatic heterocycles. The van der Waals surface area contributed by atoms with Crippen LogP contribution in [-0.4, -0.2) is 44.7 Å². The second kappa shape index (κ2) is 7.22. The van der Waals surface area contributed by atoms with E-state index in [1.807, 2.05) is 0 Å². The minimum Gasteiger partial charge on any atom is -0.445 e. The van der Waals surface area contributed by atoms with Gasteiger partial charge in [0.05, 0.1) is 8.07 Å². The lowest BCUT2D eigenvalue weighted by atomic mass is 10.4. The van der Waals surface area contributed by atoms with Crippen molar-refractivity contribution < 1.29 is 14.3 Å². The number of carbonyl (C=O) groups is 2. The summed E-state index contributed by atoms with van der Waals surface area (Å²) in [6.07, 6.45) is 3.05. The van der Waals surface area contributed by atoms with Crippen LogP contribution in [0.4, 0.5) is 4.79 Å². The van der Waals surface area contributed by atoms with Gasteiger partial charge in [0, 0.05) is 19.1 Å². The second-order valence-electron chi connectivity index (χ2n) is 4.80. The van der Waals surface area contributed by atoms with Gasteiger partial charge in [0.15, 0.2) is 0 Å². The van der Waals surface area contributed by atoms with E-state index in [4.69, 9.17) is 4.74 Å².